The van der Waals surface area contributed by atoms with Crippen molar-refractivity contribution in [3.05, 3.63) is 30.1 Å². The highest BCUT2D eigenvalue weighted by Crippen LogP contribution is 2.32. The van der Waals surface area contributed by atoms with Gasteiger partial charge in [0.05, 0.1) is 0 Å². The Hall–Kier alpha value is -1.81. The Morgan fingerprint density at radius 2 is 2.00 bits per heavy atom. The standard InChI is InChI=1S/C16H21N3O/c1-11-9-13-14(10-18-11)15(17)3-4-16(13)19(2)12-5-7-20-8-6-12/h3-4,9-10,12H,5-8,17H2,1-2H3. The number of aromatic nitrogens is 1. The first-order valence-corrected chi connectivity index (χ1v) is 7.12. The van der Waals surface area contributed by atoms with E-state index >= 15 is 0 Å². The van der Waals surface area contributed by atoms with E-state index in [9.17, 15) is 0 Å². The smallest absolute Gasteiger partial charge is 0.0485 e. The summed E-state index contributed by atoms with van der Waals surface area (Å²) < 4.78 is 5.45. The molecule has 2 aromatic rings. The normalized spacial score (nSPS) is 16.5. The van der Waals surface area contributed by atoms with Crippen molar-refractivity contribution in [2.45, 2.75) is 25.8 Å². The lowest BCUT2D eigenvalue weighted by Crippen LogP contribution is -2.36. The summed E-state index contributed by atoms with van der Waals surface area (Å²) in [5.74, 6) is 0. The number of nitrogens with zero attached hydrogens (tertiary/aromatic N) is 2. The van der Waals surface area contributed by atoms with E-state index in [0.29, 0.717) is 6.04 Å². The van der Waals surface area contributed by atoms with E-state index < -0.39 is 0 Å². The average molecular weight is 271 g/mol. The number of nitrogens with two attached hydrogens (primary N) is 1. The second-order valence-electron chi connectivity index (χ2n) is 5.50. The molecule has 1 saturated heterocycles. The number of benzene rings is 1. The first-order valence-electron chi connectivity index (χ1n) is 7.12. The van der Waals surface area contributed by atoms with E-state index in [1.54, 1.807) is 0 Å². The van der Waals surface area contributed by atoms with Crippen molar-refractivity contribution in [1.29, 1.82) is 0 Å². The molecular weight excluding hydrogens is 250 g/mol. The lowest BCUT2D eigenvalue weighted by Gasteiger charge is -2.33. The van der Waals surface area contributed by atoms with Crippen molar-refractivity contribution in [3.63, 3.8) is 0 Å². The zero-order valence-corrected chi connectivity index (χ0v) is 12.1. The molecule has 106 valence electrons. The van der Waals surface area contributed by atoms with Crippen molar-refractivity contribution in [2.75, 3.05) is 30.9 Å². The summed E-state index contributed by atoms with van der Waals surface area (Å²) in [5, 5.41) is 2.22. The van der Waals surface area contributed by atoms with Crippen LogP contribution in [0.4, 0.5) is 11.4 Å². The third-order valence-electron chi connectivity index (χ3n) is 4.17. The maximum absolute atomic E-state index is 6.08. The second-order valence-corrected chi connectivity index (χ2v) is 5.50. The van der Waals surface area contributed by atoms with E-state index in [0.717, 1.165) is 42.8 Å². The van der Waals surface area contributed by atoms with Crippen LogP contribution in [0.25, 0.3) is 10.8 Å². The first kappa shape index (κ1) is 13.2. The molecule has 0 unspecified atom stereocenters. The molecule has 3 rings (SSSR count). The summed E-state index contributed by atoms with van der Waals surface area (Å²) in [4.78, 5) is 6.73. The van der Waals surface area contributed by atoms with Gasteiger partial charge >= 0.3 is 0 Å². The summed E-state index contributed by atoms with van der Waals surface area (Å²) in [6.45, 7) is 3.71. The Morgan fingerprint density at radius 1 is 1.25 bits per heavy atom. The highest BCUT2D eigenvalue weighted by Gasteiger charge is 2.20. The third-order valence-corrected chi connectivity index (χ3v) is 4.17. The Morgan fingerprint density at radius 3 is 2.75 bits per heavy atom. The van der Waals surface area contributed by atoms with Crippen LogP contribution in [0, 0.1) is 6.92 Å². The van der Waals surface area contributed by atoms with Crippen LogP contribution in [-0.2, 0) is 4.74 Å². The molecule has 0 bridgehead atoms. The highest BCUT2D eigenvalue weighted by molar-refractivity contribution is 6.01. The summed E-state index contributed by atoms with van der Waals surface area (Å²) in [6.07, 6.45) is 4.03. The number of nitrogen functional groups attached to an aromatic ring is 1. The molecule has 1 fully saturated rings. The summed E-state index contributed by atoms with van der Waals surface area (Å²) in [7, 11) is 2.16. The Bertz CT molecular complexity index is 620. The summed E-state index contributed by atoms with van der Waals surface area (Å²) >= 11 is 0. The predicted molar refractivity (Wildman–Crippen MR) is 83.1 cm³/mol. The number of hydrogen-bond acceptors (Lipinski definition) is 4. The minimum atomic E-state index is 0.532. The quantitative estimate of drug-likeness (QED) is 0.853. The van der Waals surface area contributed by atoms with Gasteiger partial charge in [-0.25, -0.2) is 0 Å². The molecule has 0 atom stereocenters. The van der Waals surface area contributed by atoms with E-state index in [-0.39, 0.29) is 0 Å². The van der Waals surface area contributed by atoms with Crippen LogP contribution in [0.2, 0.25) is 0 Å². The van der Waals surface area contributed by atoms with E-state index in [4.69, 9.17) is 10.5 Å². The van der Waals surface area contributed by atoms with Crippen molar-refractivity contribution >= 4 is 22.1 Å². The Balaban J connectivity index is 2.06. The molecule has 1 aliphatic heterocycles. The van der Waals surface area contributed by atoms with Gasteiger partial charge in [0.1, 0.15) is 0 Å². The molecule has 4 nitrogen and oxygen atoms in total. The van der Waals surface area contributed by atoms with Gasteiger partial charge < -0.3 is 15.4 Å². The van der Waals surface area contributed by atoms with Crippen LogP contribution in [0.3, 0.4) is 0 Å². The van der Waals surface area contributed by atoms with Crippen LogP contribution in [0.5, 0.6) is 0 Å². The van der Waals surface area contributed by atoms with Gasteiger partial charge in [0, 0.05) is 60.3 Å². The molecule has 0 spiro atoms. The summed E-state index contributed by atoms with van der Waals surface area (Å²) in [6, 6.07) is 6.75. The maximum atomic E-state index is 6.08. The number of hydrogen-bond donors (Lipinski definition) is 1. The van der Waals surface area contributed by atoms with E-state index in [1.165, 1.54) is 11.1 Å². The fourth-order valence-corrected chi connectivity index (χ4v) is 2.93. The van der Waals surface area contributed by atoms with Crippen LogP contribution in [0.15, 0.2) is 24.4 Å². The van der Waals surface area contributed by atoms with Crippen LogP contribution >= 0.6 is 0 Å². The molecule has 0 saturated carbocycles. The minimum Gasteiger partial charge on any atom is -0.398 e. The Labute approximate surface area is 119 Å². The number of rotatable bonds is 2. The average Bonchev–Trinajstić information content (AvgIpc) is 2.48. The van der Waals surface area contributed by atoms with Gasteiger partial charge in [0.25, 0.3) is 0 Å². The summed E-state index contributed by atoms with van der Waals surface area (Å²) in [5.41, 5.74) is 9.11. The topological polar surface area (TPSA) is 51.4 Å². The van der Waals surface area contributed by atoms with Crippen molar-refractivity contribution in [1.82, 2.24) is 4.98 Å². The van der Waals surface area contributed by atoms with E-state index in [2.05, 4.69) is 29.1 Å². The molecule has 2 N–H and O–H groups in total. The molecule has 0 amide bonds. The van der Waals surface area contributed by atoms with Gasteiger partial charge in [-0.3, -0.25) is 4.98 Å². The molecule has 0 aliphatic carbocycles. The number of ether oxygens (including phenoxy) is 1. The monoisotopic (exact) mass is 271 g/mol. The van der Waals surface area contributed by atoms with Gasteiger partial charge in [-0.1, -0.05) is 0 Å². The lowest BCUT2D eigenvalue weighted by molar-refractivity contribution is 0.0855. The first-order chi connectivity index (χ1) is 9.66. The van der Waals surface area contributed by atoms with E-state index in [1.807, 2.05) is 19.2 Å². The van der Waals surface area contributed by atoms with Crippen molar-refractivity contribution in [2.24, 2.45) is 0 Å². The fourth-order valence-electron chi connectivity index (χ4n) is 2.93. The highest BCUT2D eigenvalue weighted by atomic mass is 16.5. The van der Waals surface area contributed by atoms with Gasteiger partial charge in [-0.15, -0.1) is 0 Å². The predicted octanol–water partition coefficient (Wildman–Crippen LogP) is 2.74. The zero-order valence-electron chi connectivity index (χ0n) is 12.1. The second kappa shape index (κ2) is 5.29. The SMILES string of the molecule is Cc1cc2c(N(C)C3CCOCC3)ccc(N)c2cn1. The zero-order chi connectivity index (χ0) is 14.1. The van der Waals surface area contributed by atoms with Gasteiger partial charge in [0.2, 0.25) is 0 Å². The molecule has 0 radical (unpaired) electrons. The van der Waals surface area contributed by atoms with Gasteiger partial charge in [-0.05, 0) is 38.0 Å². The molecule has 1 aromatic carbocycles. The maximum Gasteiger partial charge on any atom is 0.0485 e. The van der Waals surface area contributed by atoms with Gasteiger partial charge in [-0.2, -0.15) is 0 Å². The fraction of sp³-hybridized carbons (Fsp3) is 0.438. The molecular formula is C16H21N3O. The molecule has 2 heterocycles. The number of fused-ring (bicyclic) bond motifs is 1. The lowest BCUT2D eigenvalue weighted by atomic mass is 10.0. The largest absolute Gasteiger partial charge is 0.398 e. The molecule has 4 heteroatoms. The van der Waals surface area contributed by atoms with Crippen LogP contribution in [0.1, 0.15) is 18.5 Å². The van der Waals surface area contributed by atoms with Crippen molar-refractivity contribution in [3.8, 4) is 0 Å². The molecule has 1 aliphatic rings. The van der Waals surface area contributed by atoms with Gasteiger partial charge in [0.15, 0.2) is 0 Å². The van der Waals surface area contributed by atoms with Crippen LogP contribution in [-0.4, -0.2) is 31.3 Å². The number of anilines is 2. The minimum absolute atomic E-state index is 0.532. The molecule has 1 aromatic heterocycles. The van der Waals surface area contributed by atoms with Crippen molar-refractivity contribution < 1.29 is 4.74 Å². The molecule has 20 heavy (non-hydrogen) atoms. The third kappa shape index (κ3) is 2.31. The Kier molecular flexibility index (Phi) is 3.49. The van der Waals surface area contributed by atoms with Crippen LogP contribution < -0.4 is 10.6 Å². The number of pyridine rings is 1. The number of aryl methyl sites for hydroxylation is 1.